The Balaban J connectivity index is 2.47. The average Bonchev–Trinajstić information content (AvgIpc) is 2.75. The van der Waals surface area contributed by atoms with E-state index in [-0.39, 0.29) is 24.5 Å². The molecular weight excluding hydrogens is 244 g/mol. The van der Waals surface area contributed by atoms with Gasteiger partial charge < -0.3 is 5.11 Å². The van der Waals surface area contributed by atoms with Gasteiger partial charge in [0.15, 0.2) is 5.78 Å². The topological polar surface area (TPSA) is 71.7 Å². The second-order valence-electron chi connectivity index (χ2n) is 4.76. The number of nitrogens with zero attached hydrogens (tertiary/aromatic N) is 2. The van der Waals surface area contributed by atoms with Gasteiger partial charge in [0.05, 0.1) is 23.2 Å². The van der Waals surface area contributed by atoms with Crippen molar-refractivity contribution in [3.05, 3.63) is 35.7 Å². The van der Waals surface area contributed by atoms with Crippen molar-refractivity contribution in [1.29, 1.82) is 0 Å². The zero-order valence-electron chi connectivity index (χ0n) is 11.0. The lowest BCUT2D eigenvalue weighted by Gasteiger charge is -2.04. The molecule has 0 aliphatic rings. The van der Waals surface area contributed by atoms with Crippen LogP contribution in [0.3, 0.4) is 0 Å². The predicted molar refractivity (Wildman–Crippen MR) is 70.5 cm³/mol. The van der Waals surface area contributed by atoms with Gasteiger partial charge in [-0.15, -0.1) is 0 Å². The normalized spacial score (nSPS) is 11.1. The fourth-order valence-corrected chi connectivity index (χ4v) is 2.05. The second-order valence-corrected chi connectivity index (χ2v) is 4.76. The third-order valence-corrected chi connectivity index (χ3v) is 2.96. The molecule has 0 aliphatic carbocycles. The summed E-state index contributed by atoms with van der Waals surface area (Å²) < 4.78 is 1.67. The maximum absolute atomic E-state index is 12.2. The molecule has 0 bridgehead atoms. The number of ketones is 1. The Morgan fingerprint density at radius 1 is 1.32 bits per heavy atom. The molecule has 0 aromatic carbocycles. The lowest BCUT2D eigenvalue weighted by Crippen LogP contribution is -2.06. The Kier molecular flexibility index (Phi) is 3.64. The Morgan fingerprint density at radius 3 is 2.68 bits per heavy atom. The zero-order valence-corrected chi connectivity index (χ0v) is 11.0. The van der Waals surface area contributed by atoms with E-state index < -0.39 is 5.97 Å². The van der Waals surface area contributed by atoms with Crippen molar-refractivity contribution in [3.63, 3.8) is 0 Å². The predicted octanol–water partition coefficient (Wildman–Crippen LogP) is 2.51. The summed E-state index contributed by atoms with van der Waals surface area (Å²) in [4.78, 5) is 22.8. The van der Waals surface area contributed by atoms with Crippen molar-refractivity contribution in [2.75, 3.05) is 0 Å². The molecule has 1 N–H and O–H groups in total. The summed E-state index contributed by atoms with van der Waals surface area (Å²) >= 11 is 0. The lowest BCUT2D eigenvalue weighted by molar-refractivity contribution is -0.136. The van der Waals surface area contributed by atoms with Crippen LogP contribution in [-0.4, -0.2) is 26.5 Å². The van der Waals surface area contributed by atoms with Crippen LogP contribution in [0.15, 0.2) is 24.4 Å². The van der Waals surface area contributed by atoms with Crippen LogP contribution in [0.25, 0.3) is 5.52 Å². The minimum atomic E-state index is -0.962. The molecule has 2 heterocycles. The van der Waals surface area contributed by atoms with E-state index in [1.165, 1.54) is 0 Å². The van der Waals surface area contributed by atoms with E-state index in [0.717, 1.165) is 11.2 Å². The SMILES string of the molecule is CC(C)c1nn2ccccc2c1C(=O)CCC(=O)O. The van der Waals surface area contributed by atoms with Gasteiger partial charge in [0.1, 0.15) is 0 Å². The van der Waals surface area contributed by atoms with Crippen LogP contribution in [0.5, 0.6) is 0 Å². The highest BCUT2D eigenvalue weighted by Gasteiger charge is 2.21. The monoisotopic (exact) mass is 260 g/mol. The molecule has 19 heavy (non-hydrogen) atoms. The molecule has 0 saturated heterocycles. The lowest BCUT2D eigenvalue weighted by atomic mass is 9.99. The van der Waals surface area contributed by atoms with E-state index >= 15 is 0 Å². The first kappa shape index (κ1) is 13.3. The number of rotatable bonds is 5. The van der Waals surface area contributed by atoms with Gasteiger partial charge in [-0.1, -0.05) is 19.9 Å². The number of fused-ring (bicyclic) bond motifs is 1. The van der Waals surface area contributed by atoms with Crippen molar-refractivity contribution < 1.29 is 14.7 Å². The van der Waals surface area contributed by atoms with E-state index in [2.05, 4.69) is 5.10 Å². The van der Waals surface area contributed by atoms with Crippen molar-refractivity contribution >= 4 is 17.3 Å². The molecule has 2 rings (SSSR count). The minimum Gasteiger partial charge on any atom is -0.481 e. The molecule has 0 unspecified atom stereocenters. The third-order valence-electron chi connectivity index (χ3n) is 2.96. The number of carbonyl (C=O) groups is 2. The molecule has 100 valence electrons. The number of carbonyl (C=O) groups excluding carboxylic acids is 1. The summed E-state index contributed by atoms with van der Waals surface area (Å²) in [6.45, 7) is 3.94. The standard InChI is InChI=1S/C14H16N2O3/c1-9(2)14-13(11(17)6-7-12(18)19)10-5-3-4-8-16(10)15-14/h3-5,8-9H,6-7H2,1-2H3,(H,18,19). The molecule has 0 spiro atoms. The molecular formula is C14H16N2O3. The maximum atomic E-state index is 12.2. The molecule has 2 aromatic heterocycles. The maximum Gasteiger partial charge on any atom is 0.303 e. The summed E-state index contributed by atoms with van der Waals surface area (Å²) in [5.41, 5.74) is 2.01. The third kappa shape index (κ3) is 2.65. The number of aromatic nitrogens is 2. The van der Waals surface area contributed by atoms with Gasteiger partial charge in [-0.2, -0.15) is 5.10 Å². The molecule has 5 heteroatoms. The Hall–Kier alpha value is -2.17. The minimum absolute atomic E-state index is 0.00526. The van der Waals surface area contributed by atoms with Crippen molar-refractivity contribution in [2.24, 2.45) is 0 Å². The van der Waals surface area contributed by atoms with Gasteiger partial charge in [0, 0.05) is 12.6 Å². The largest absolute Gasteiger partial charge is 0.481 e. The quantitative estimate of drug-likeness (QED) is 0.838. The first-order valence-electron chi connectivity index (χ1n) is 6.23. The number of carboxylic acids is 1. The van der Waals surface area contributed by atoms with Crippen LogP contribution in [0.2, 0.25) is 0 Å². The number of aliphatic carboxylic acids is 1. The summed E-state index contributed by atoms with van der Waals surface area (Å²) in [7, 11) is 0. The first-order valence-corrected chi connectivity index (χ1v) is 6.23. The molecule has 2 aromatic rings. The second kappa shape index (κ2) is 5.22. The highest BCUT2D eigenvalue weighted by atomic mass is 16.4. The van der Waals surface area contributed by atoms with Crippen molar-refractivity contribution in [3.8, 4) is 0 Å². The van der Waals surface area contributed by atoms with Crippen LogP contribution in [0.1, 0.15) is 48.7 Å². The Labute approximate surface area is 110 Å². The average molecular weight is 260 g/mol. The van der Waals surface area contributed by atoms with E-state index in [0.29, 0.717) is 5.56 Å². The highest BCUT2D eigenvalue weighted by Crippen LogP contribution is 2.24. The van der Waals surface area contributed by atoms with Crippen LogP contribution < -0.4 is 0 Å². The number of hydrogen-bond acceptors (Lipinski definition) is 3. The van der Waals surface area contributed by atoms with Gasteiger partial charge >= 0.3 is 5.97 Å². The Morgan fingerprint density at radius 2 is 2.05 bits per heavy atom. The van der Waals surface area contributed by atoms with Crippen LogP contribution in [-0.2, 0) is 4.79 Å². The van der Waals surface area contributed by atoms with Gasteiger partial charge in [-0.05, 0) is 18.1 Å². The van der Waals surface area contributed by atoms with Crippen LogP contribution in [0, 0.1) is 0 Å². The number of Topliss-reactive ketones (excluding diaryl/α,β-unsaturated/α-hetero) is 1. The van der Waals surface area contributed by atoms with Crippen LogP contribution in [0.4, 0.5) is 0 Å². The zero-order chi connectivity index (χ0) is 14.0. The molecule has 0 aliphatic heterocycles. The molecule has 5 nitrogen and oxygen atoms in total. The fraction of sp³-hybridized carbons (Fsp3) is 0.357. The van der Waals surface area contributed by atoms with E-state index in [9.17, 15) is 9.59 Å². The molecule has 0 amide bonds. The van der Waals surface area contributed by atoms with E-state index in [1.807, 2.05) is 32.0 Å². The summed E-state index contributed by atoms with van der Waals surface area (Å²) in [6, 6.07) is 5.51. The van der Waals surface area contributed by atoms with Gasteiger partial charge in [0.2, 0.25) is 0 Å². The molecule has 0 saturated carbocycles. The van der Waals surface area contributed by atoms with E-state index in [1.54, 1.807) is 10.7 Å². The molecule has 0 fully saturated rings. The van der Waals surface area contributed by atoms with Gasteiger partial charge in [0.25, 0.3) is 0 Å². The summed E-state index contributed by atoms with van der Waals surface area (Å²) in [6.07, 6.45) is 1.64. The number of hydrogen-bond donors (Lipinski definition) is 1. The molecule has 0 atom stereocenters. The smallest absolute Gasteiger partial charge is 0.303 e. The highest BCUT2D eigenvalue weighted by molar-refractivity contribution is 6.04. The van der Waals surface area contributed by atoms with Gasteiger partial charge in [-0.25, -0.2) is 4.52 Å². The first-order chi connectivity index (χ1) is 9.00. The summed E-state index contributed by atoms with van der Waals surface area (Å²) in [5, 5.41) is 13.1. The van der Waals surface area contributed by atoms with E-state index in [4.69, 9.17) is 5.11 Å². The van der Waals surface area contributed by atoms with Crippen LogP contribution >= 0.6 is 0 Å². The fourth-order valence-electron chi connectivity index (χ4n) is 2.05. The number of carboxylic acid groups (broad SMARTS) is 1. The Bertz CT molecular complexity index is 629. The number of pyridine rings is 1. The van der Waals surface area contributed by atoms with Crippen molar-refractivity contribution in [1.82, 2.24) is 9.61 Å². The van der Waals surface area contributed by atoms with Crippen molar-refractivity contribution in [2.45, 2.75) is 32.6 Å². The molecule has 0 radical (unpaired) electrons. The summed E-state index contributed by atoms with van der Waals surface area (Å²) in [5.74, 6) is -1.01. The van der Waals surface area contributed by atoms with Gasteiger partial charge in [-0.3, -0.25) is 9.59 Å².